The van der Waals surface area contributed by atoms with Crippen molar-refractivity contribution in [2.45, 2.75) is 64.0 Å². The van der Waals surface area contributed by atoms with Crippen molar-refractivity contribution in [3.8, 4) is 0 Å². The normalized spacial score (nSPS) is 32.7. The molecule has 3 rings (SSSR count). The van der Waals surface area contributed by atoms with Crippen LogP contribution < -0.4 is 0 Å². The molecule has 2 aliphatic carbocycles. The quantitative estimate of drug-likeness (QED) is 0.889. The van der Waals surface area contributed by atoms with Gasteiger partial charge in [0.05, 0.1) is 5.60 Å². The van der Waals surface area contributed by atoms with E-state index in [1.807, 2.05) is 4.68 Å². The van der Waals surface area contributed by atoms with Gasteiger partial charge in [-0.25, -0.2) is 4.98 Å². The fourth-order valence-corrected chi connectivity index (χ4v) is 3.50. The lowest BCUT2D eigenvalue weighted by molar-refractivity contribution is -0.0218. The average molecular weight is 249 g/mol. The fraction of sp³-hybridized carbons (Fsp3) is 0.857. The Balaban J connectivity index is 1.69. The summed E-state index contributed by atoms with van der Waals surface area (Å²) < 4.78 is 1.90. The number of aromatic nitrogens is 3. The molecule has 0 spiro atoms. The number of hydrogen-bond donors (Lipinski definition) is 1. The van der Waals surface area contributed by atoms with E-state index in [0.29, 0.717) is 6.42 Å². The van der Waals surface area contributed by atoms with Gasteiger partial charge in [-0.3, -0.25) is 4.68 Å². The predicted molar refractivity (Wildman–Crippen MR) is 69.0 cm³/mol. The van der Waals surface area contributed by atoms with Gasteiger partial charge in [0, 0.05) is 13.0 Å². The second kappa shape index (κ2) is 4.65. The number of nitrogens with zero attached hydrogens (tertiary/aromatic N) is 3. The first kappa shape index (κ1) is 12.2. The third-order valence-corrected chi connectivity index (χ3v) is 4.63. The molecule has 1 aromatic heterocycles. The van der Waals surface area contributed by atoms with Gasteiger partial charge < -0.3 is 5.11 Å². The Morgan fingerprint density at radius 1 is 1.39 bits per heavy atom. The van der Waals surface area contributed by atoms with Crippen molar-refractivity contribution in [3.05, 3.63) is 12.2 Å². The Morgan fingerprint density at radius 2 is 2.22 bits per heavy atom. The van der Waals surface area contributed by atoms with Crippen molar-refractivity contribution in [2.24, 2.45) is 11.8 Å². The number of hydrogen-bond acceptors (Lipinski definition) is 3. The van der Waals surface area contributed by atoms with Gasteiger partial charge in [0.25, 0.3) is 0 Å². The largest absolute Gasteiger partial charge is 0.389 e. The summed E-state index contributed by atoms with van der Waals surface area (Å²) in [5, 5.41) is 15.0. The molecule has 0 aliphatic heterocycles. The maximum absolute atomic E-state index is 10.8. The summed E-state index contributed by atoms with van der Waals surface area (Å²) in [6, 6.07) is 0. The maximum atomic E-state index is 10.8. The van der Waals surface area contributed by atoms with Crippen LogP contribution in [0.15, 0.2) is 6.33 Å². The molecule has 0 radical (unpaired) electrons. The van der Waals surface area contributed by atoms with Crippen molar-refractivity contribution in [1.82, 2.24) is 14.8 Å². The minimum Gasteiger partial charge on any atom is -0.389 e. The zero-order chi connectivity index (χ0) is 12.6. The predicted octanol–water partition coefficient (Wildman–Crippen LogP) is 2.17. The summed E-state index contributed by atoms with van der Waals surface area (Å²) in [5.74, 6) is 2.60. The minimum atomic E-state index is -0.536. The SMILES string of the molecule is CCn1ncnc1CC1(O)CCCC(C2CC2)C1. The molecule has 4 nitrogen and oxygen atoms in total. The second-order valence-electron chi connectivity index (χ2n) is 6.09. The van der Waals surface area contributed by atoms with Crippen molar-refractivity contribution in [2.75, 3.05) is 0 Å². The molecule has 0 amide bonds. The molecule has 2 fully saturated rings. The second-order valence-corrected chi connectivity index (χ2v) is 6.09. The molecule has 0 saturated heterocycles. The molecule has 1 aromatic rings. The highest BCUT2D eigenvalue weighted by Crippen LogP contribution is 2.47. The average Bonchev–Trinajstić information content (AvgIpc) is 3.11. The maximum Gasteiger partial charge on any atom is 0.138 e. The van der Waals surface area contributed by atoms with E-state index in [1.165, 1.54) is 19.3 Å². The molecule has 18 heavy (non-hydrogen) atoms. The van der Waals surface area contributed by atoms with Gasteiger partial charge >= 0.3 is 0 Å². The minimum absolute atomic E-state index is 0.536. The van der Waals surface area contributed by atoms with E-state index in [9.17, 15) is 5.11 Å². The van der Waals surface area contributed by atoms with Crippen LogP contribution in [0.4, 0.5) is 0 Å². The molecular weight excluding hydrogens is 226 g/mol. The van der Waals surface area contributed by atoms with Crippen molar-refractivity contribution in [3.63, 3.8) is 0 Å². The Kier molecular flexibility index (Phi) is 3.14. The van der Waals surface area contributed by atoms with E-state index in [2.05, 4.69) is 17.0 Å². The third-order valence-electron chi connectivity index (χ3n) is 4.63. The first-order chi connectivity index (χ1) is 8.70. The molecule has 1 N–H and O–H groups in total. The van der Waals surface area contributed by atoms with Crippen molar-refractivity contribution in [1.29, 1.82) is 0 Å². The number of rotatable bonds is 4. The molecule has 2 saturated carbocycles. The van der Waals surface area contributed by atoms with Crippen LogP contribution in [0.1, 0.15) is 51.3 Å². The lowest BCUT2D eigenvalue weighted by Crippen LogP contribution is -2.38. The molecule has 2 aliphatic rings. The van der Waals surface area contributed by atoms with Crippen LogP contribution in [0.3, 0.4) is 0 Å². The third kappa shape index (κ3) is 2.44. The topological polar surface area (TPSA) is 50.9 Å². The van der Waals surface area contributed by atoms with E-state index in [0.717, 1.165) is 43.5 Å². The Labute approximate surface area is 108 Å². The van der Waals surface area contributed by atoms with Gasteiger partial charge in [-0.05, 0) is 50.9 Å². The first-order valence-corrected chi connectivity index (χ1v) is 7.29. The first-order valence-electron chi connectivity index (χ1n) is 7.29. The van der Waals surface area contributed by atoms with Crippen LogP contribution >= 0.6 is 0 Å². The van der Waals surface area contributed by atoms with E-state index in [1.54, 1.807) is 6.33 Å². The summed E-state index contributed by atoms with van der Waals surface area (Å²) in [5.41, 5.74) is -0.536. The van der Waals surface area contributed by atoms with Crippen LogP contribution in [0.2, 0.25) is 0 Å². The standard InChI is InChI=1S/C14H23N3O/c1-2-17-13(15-10-16-17)9-14(18)7-3-4-12(8-14)11-5-6-11/h10-12,18H,2-9H2,1H3. The molecule has 100 valence electrons. The van der Waals surface area contributed by atoms with Gasteiger partial charge in [-0.2, -0.15) is 5.10 Å². The molecule has 4 heteroatoms. The van der Waals surface area contributed by atoms with Crippen molar-refractivity contribution >= 4 is 0 Å². The lowest BCUT2D eigenvalue weighted by Gasteiger charge is -2.36. The smallest absolute Gasteiger partial charge is 0.138 e. The molecule has 1 heterocycles. The summed E-state index contributed by atoms with van der Waals surface area (Å²) in [7, 11) is 0. The van der Waals surface area contributed by atoms with Gasteiger partial charge in [-0.1, -0.05) is 6.42 Å². The van der Waals surface area contributed by atoms with Crippen molar-refractivity contribution < 1.29 is 5.11 Å². The fourth-order valence-electron chi connectivity index (χ4n) is 3.50. The molecular formula is C14H23N3O. The monoisotopic (exact) mass is 249 g/mol. The number of aryl methyl sites for hydroxylation is 1. The highest BCUT2D eigenvalue weighted by Gasteiger charge is 2.41. The molecule has 2 unspecified atom stereocenters. The van der Waals surface area contributed by atoms with Gasteiger partial charge in [0.15, 0.2) is 0 Å². The Bertz CT molecular complexity index is 413. The highest BCUT2D eigenvalue weighted by atomic mass is 16.3. The zero-order valence-corrected chi connectivity index (χ0v) is 11.2. The van der Waals surface area contributed by atoms with E-state index >= 15 is 0 Å². The van der Waals surface area contributed by atoms with E-state index in [4.69, 9.17) is 0 Å². The summed E-state index contributed by atoms with van der Waals surface area (Å²) in [6.07, 6.45) is 9.40. The van der Waals surface area contributed by atoms with Crippen LogP contribution in [-0.4, -0.2) is 25.5 Å². The van der Waals surface area contributed by atoms with E-state index < -0.39 is 5.60 Å². The van der Waals surface area contributed by atoms with Crippen LogP contribution in [-0.2, 0) is 13.0 Å². The van der Waals surface area contributed by atoms with Crippen LogP contribution in [0, 0.1) is 11.8 Å². The van der Waals surface area contributed by atoms with Crippen LogP contribution in [0.5, 0.6) is 0 Å². The Morgan fingerprint density at radius 3 is 2.94 bits per heavy atom. The van der Waals surface area contributed by atoms with Gasteiger partial charge in [-0.15, -0.1) is 0 Å². The highest BCUT2D eigenvalue weighted by molar-refractivity contribution is 4.99. The van der Waals surface area contributed by atoms with Gasteiger partial charge in [0.2, 0.25) is 0 Å². The van der Waals surface area contributed by atoms with E-state index in [-0.39, 0.29) is 0 Å². The molecule has 2 atom stereocenters. The number of aliphatic hydroxyl groups is 1. The zero-order valence-electron chi connectivity index (χ0n) is 11.2. The summed E-state index contributed by atoms with van der Waals surface area (Å²) >= 11 is 0. The van der Waals surface area contributed by atoms with Gasteiger partial charge in [0.1, 0.15) is 12.2 Å². The molecule has 0 bridgehead atoms. The molecule has 0 aromatic carbocycles. The lowest BCUT2D eigenvalue weighted by atomic mass is 9.74. The van der Waals surface area contributed by atoms with Crippen LogP contribution in [0.25, 0.3) is 0 Å². The summed E-state index contributed by atoms with van der Waals surface area (Å²) in [6.45, 7) is 2.90. The Hall–Kier alpha value is -0.900. The summed E-state index contributed by atoms with van der Waals surface area (Å²) in [4.78, 5) is 4.30.